The molecule has 0 aromatic rings. The monoisotopic (exact) mass is 356 g/mol. The molecule has 0 bridgehead atoms. The topological polar surface area (TPSA) is 49.9 Å². The molecule has 5 nitrogen and oxygen atoms in total. The molecule has 3 aliphatic rings. The fourth-order valence-electron chi connectivity index (χ4n) is 4.02. The molecule has 0 aromatic heterocycles. The molecule has 2 amide bonds. The number of carbonyl (C=O) groups is 2. The number of ether oxygens (including phenoxy) is 1. The van der Waals surface area contributed by atoms with Crippen LogP contribution >= 0.6 is 0 Å². The van der Waals surface area contributed by atoms with Gasteiger partial charge < -0.3 is 14.5 Å². The Hall–Kier alpha value is -1.50. The summed E-state index contributed by atoms with van der Waals surface area (Å²) in [5.74, 6) is -3.88. The molecule has 0 saturated carbocycles. The van der Waals surface area contributed by atoms with Crippen LogP contribution in [0.4, 0.5) is 8.78 Å². The second-order valence-electron chi connectivity index (χ2n) is 8.20. The minimum atomic E-state index is -2.99. The van der Waals surface area contributed by atoms with Crippen molar-refractivity contribution in [3.8, 4) is 0 Å². The molecule has 25 heavy (non-hydrogen) atoms. The molecule has 3 rings (SSSR count). The Labute approximate surface area is 147 Å². The van der Waals surface area contributed by atoms with E-state index in [0.29, 0.717) is 19.6 Å². The number of alkyl halides is 2. The first-order chi connectivity index (χ1) is 11.6. The number of hydrogen-bond acceptors (Lipinski definition) is 3. The Morgan fingerprint density at radius 3 is 2.36 bits per heavy atom. The molecule has 0 aromatic carbocycles. The standard InChI is InChI=1S/C18H26F2N2O3/c1-4-14(23)22-10-17(11-22)7-8-21(12-18(17,19)20)15(24)13-5-6-16(2,3)25-9-13/h4,13H,1,5-12H2,2-3H3. The Balaban J connectivity index is 1.60. The number of nitrogens with zero attached hydrogens (tertiary/aromatic N) is 2. The molecule has 0 aliphatic carbocycles. The smallest absolute Gasteiger partial charge is 0.274 e. The van der Waals surface area contributed by atoms with Crippen molar-refractivity contribution in [2.24, 2.45) is 11.3 Å². The third-order valence-corrected chi connectivity index (χ3v) is 5.93. The predicted molar refractivity (Wildman–Crippen MR) is 88.1 cm³/mol. The highest BCUT2D eigenvalue weighted by Gasteiger charge is 2.63. The molecule has 1 unspecified atom stereocenters. The van der Waals surface area contributed by atoms with Gasteiger partial charge in [-0.2, -0.15) is 0 Å². The van der Waals surface area contributed by atoms with Gasteiger partial charge in [0.15, 0.2) is 0 Å². The van der Waals surface area contributed by atoms with Crippen molar-refractivity contribution in [2.75, 3.05) is 32.8 Å². The van der Waals surface area contributed by atoms with Crippen molar-refractivity contribution < 1.29 is 23.1 Å². The van der Waals surface area contributed by atoms with Gasteiger partial charge in [-0.25, -0.2) is 8.78 Å². The highest BCUT2D eigenvalue weighted by Crippen LogP contribution is 2.50. The van der Waals surface area contributed by atoms with Crippen LogP contribution in [0.2, 0.25) is 0 Å². The Morgan fingerprint density at radius 2 is 1.84 bits per heavy atom. The summed E-state index contributed by atoms with van der Waals surface area (Å²) in [6.45, 7) is 7.44. The largest absolute Gasteiger partial charge is 0.375 e. The highest BCUT2D eigenvalue weighted by atomic mass is 19.3. The van der Waals surface area contributed by atoms with Crippen LogP contribution in [-0.4, -0.2) is 65.9 Å². The second-order valence-corrected chi connectivity index (χ2v) is 8.20. The molecule has 1 spiro atoms. The van der Waals surface area contributed by atoms with Crippen LogP contribution in [0.3, 0.4) is 0 Å². The molecule has 0 N–H and O–H groups in total. The van der Waals surface area contributed by atoms with Gasteiger partial charge in [-0.15, -0.1) is 0 Å². The molecular formula is C18H26F2N2O3. The molecule has 7 heteroatoms. The van der Waals surface area contributed by atoms with Gasteiger partial charge in [0.25, 0.3) is 5.92 Å². The van der Waals surface area contributed by atoms with Crippen molar-refractivity contribution >= 4 is 11.8 Å². The van der Waals surface area contributed by atoms with Gasteiger partial charge in [-0.3, -0.25) is 9.59 Å². The zero-order chi connectivity index (χ0) is 18.5. The number of rotatable bonds is 2. The van der Waals surface area contributed by atoms with Gasteiger partial charge in [-0.05, 0) is 39.2 Å². The Kier molecular flexibility index (Phi) is 4.42. The minimum absolute atomic E-state index is 0.0353. The minimum Gasteiger partial charge on any atom is -0.375 e. The van der Waals surface area contributed by atoms with Gasteiger partial charge in [0.05, 0.1) is 30.1 Å². The quantitative estimate of drug-likeness (QED) is 0.712. The highest BCUT2D eigenvalue weighted by molar-refractivity contribution is 5.87. The summed E-state index contributed by atoms with van der Waals surface area (Å²) >= 11 is 0. The van der Waals surface area contributed by atoms with E-state index < -0.39 is 17.9 Å². The summed E-state index contributed by atoms with van der Waals surface area (Å²) in [6.07, 6.45) is 2.77. The normalized spacial score (nSPS) is 29.8. The van der Waals surface area contributed by atoms with Crippen LogP contribution in [0.5, 0.6) is 0 Å². The van der Waals surface area contributed by atoms with E-state index in [1.54, 1.807) is 0 Å². The van der Waals surface area contributed by atoms with Gasteiger partial charge in [-0.1, -0.05) is 6.58 Å². The lowest BCUT2D eigenvalue weighted by atomic mass is 9.69. The van der Waals surface area contributed by atoms with Crippen molar-refractivity contribution in [3.63, 3.8) is 0 Å². The van der Waals surface area contributed by atoms with Crippen molar-refractivity contribution in [2.45, 2.75) is 44.6 Å². The molecular weight excluding hydrogens is 330 g/mol. The van der Waals surface area contributed by atoms with E-state index in [9.17, 15) is 18.4 Å². The number of amides is 2. The maximum atomic E-state index is 14.8. The lowest BCUT2D eigenvalue weighted by Crippen LogP contribution is -2.71. The lowest BCUT2D eigenvalue weighted by Gasteiger charge is -2.57. The third kappa shape index (κ3) is 3.18. The average molecular weight is 356 g/mol. The Bertz CT molecular complexity index is 575. The van der Waals surface area contributed by atoms with E-state index in [1.165, 1.54) is 9.80 Å². The number of likely N-dealkylation sites (tertiary alicyclic amines) is 2. The summed E-state index contributed by atoms with van der Waals surface area (Å²) in [7, 11) is 0. The van der Waals surface area contributed by atoms with Gasteiger partial charge in [0.1, 0.15) is 0 Å². The third-order valence-electron chi connectivity index (χ3n) is 5.93. The fourth-order valence-corrected chi connectivity index (χ4v) is 4.02. The van der Waals surface area contributed by atoms with Crippen molar-refractivity contribution in [3.05, 3.63) is 12.7 Å². The fraction of sp³-hybridized carbons (Fsp3) is 0.778. The summed E-state index contributed by atoms with van der Waals surface area (Å²) in [5.41, 5.74) is -1.45. The molecule has 1 atom stereocenters. The number of halogens is 2. The SMILES string of the molecule is C=CC(=O)N1CC2(CCN(C(=O)C3CCC(C)(C)OC3)CC2(F)F)C1. The van der Waals surface area contributed by atoms with Crippen LogP contribution in [0.1, 0.15) is 33.1 Å². The van der Waals surface area contributed by atoms with Crippen LogP contribution in [-0.2, 0) is 14.3 Å². The summed E-state index contributed by atoms with van der Waals surface area (Å²) in [6, 6.07) is 0. The van der Waals surface area contributed by atoms with E-state index in [1.807, 2.05) is 13.8 Å². The Morgan fingerprint density at radius 1 is 1.16 bits per heavy atom. The molecule has 3 heterocycles. The zero-order valence-corrected chi connectivity index (χ0v) is 14.9. The molecule has 0 radical (unpaired) electrons. The summed E-state index contributed by atoms with van der Waals surface area (Å²) in [4.78, 5) is 26.8. The van der Waals surface area contributed by atoms with Crippen LogP contribution in [0.25, 0.3) is 0 Å². The van der Waals surface area contributed by atoms with Gasteiger partial charge in [0, 0.05) is 19.6 Å². The van der Waals surface area contributed by atoms with Crippen LogP contribution in [0.15, 0.2) is 12.7 Å². The first-order valence-corrected chi connectivity index (χ1v) is 8.81. The van der Waals surface area contributed by atoms with Crippen molar-refractivity contribution in [1.29, 1.82) is 0 Å². The van der Waals surface area contributed by atoms with E-state index in [4.69, 9.17) is 4.74 Å². The predicted octanol–water partition coefficient (Wildman–Crippen LogP) is 2.07. The van der Waals surface area contributed by atoms with Crippen LogP contribution < -0.4 is 0 Å². The van der Waals surface area contributed by atoms with E-state index in [0.717, 1.165) is 12.5 Å². The number of carbonyl (C=O) groups excluding carboxylic acids is 2. The number of hydrogen-bond donors (Lipinski definition) is 0. The maximum absolute atomic E-state index is 14.8. The molecule has 3 fully saturated rings. The van der Waals surface area contributed by atoms with Gasteiger partial charge >= 0.3 is 0 Å². The first-order valence-electron chi connectivity index (χ1n) is 8.81. The molecule has 3 aliphatic heterocycles. The first kappa shape index (κ1) is 18.3. The van der Waals surface area contributed by atoms with Crippen LogP contribution in [0, 0.1) is 11.3 Å². The second kappa shape index (κ2) is 6.04. The summed E-state index contributed by atoms with van der Waals surface area (Å²) in [5, 5.41) is 0. The van der Waals surface area contributed by atoms with E-state index in [-0.39, 0.29) is 42.8 Å². The van der Waals surface area contributed by atoms with E-state index in [2.05, 4.69) is 6.58 Å². The zero-order valence-electron chi connectivity index (χ0n) is 14.9. The maximum Gasteiger partial charge on any atom is 0.274 e. The average Bonchev–Trinajstić information content (AvgIpc) is 2.50. The molecule has 3 saturated heterocycles. The number of piperidine rings is 1. The lowest BCUT2D eigenvalue weighted by molar-refractivity contribution is -0.224. The van der Waals surface area contributed by atoms with E-state index >= 15 is 0 Å². The van der Waals surface area contributed by atoms with Gasteiger partial charge in [0.2, 0.25) is 11.8 Å². The molecule has 140 valence electrons. The summed E-state index contributed by atoms with van der Waals surface area (Å²) < 4.78 is 35.2. The van der Waals surface area contributed by atoms with Crippen molar-refractivity contribution in [1.82, 2.24) is 9.80 Å².